The maximum Gasteiger partial charge on any atom is 0.218 e. The van der Waals surface area contributed by atoms with Gasteiger partial charge in [-0.05, 0) is 44.5 Å². The zero-order valence-electron chi connectivity index (χ0n) is 14.9. The van der Waals surface area contributed by atoms with Crippen molar-refractivity contribution in [3.05, 3.63) is 59.3 Å². The van der Waals surface area contributed by atoms with E-state index in [-0.39, 0.29) is 0 Å². The summed E-state index contributed by atoms with van der Waals surface area (Å²) in [5, 5.41) is 3.36. The number of nitrogens with one attached hydrogen (secondary N) is 1. The van der Waals surface area contributed by atoms with Gasteiger partial charge in [-0.1, -0.05) is 0 Å². The second-order valence-electron chi connectivity index (χ2n) is 5.85. The van der Waals surface area contributed by atoms with Gasteiger partial charge in [0, 0.05) is 41.8 Å². The Labute approximate surface area is 147 Å². The van der Waals surface area contributed by atoms with Crippen LogP contribution in [0.3, 0.4) is 0 Å². The predicted molar refractivity (Wildman–Crippen MR) is 97.6 cm³/mol. The molecule has 0 aliphatic rings. The van der Waals surface area contributed by atoms with Crippen molar-refractivity contribution in [3.8, 4) is 17.1 Å². The maximum atomic E-state index is 5.42. The van der Waals surface area contributed by atoms with Crippen LogP contribution in [0.15, 0.2) is 36.7 Å². The molecule has 3 heterocycles. The van der Waals surface area contributed by atoms with Crippen LogP contribution < -0.4 is 10.1 Å². The monoisotopic (exact) mass is 335 g/mol. The molecule has 1 N–H and O–H groups in total. The van der Waals surface area contributed by atoms with Crippen LogP contribution in [0.2, 0.25) is 0 Å². The number of methoxy groups -OCH3 is 1. The first-order valence-electron chi connectivity index (χ1n) is 8.08. The lowest BCUT2D eigenvalue weighted by Gasteiger charge is -2.14. The Hall–Kier alpha value is -3.02. The van der Waals surface area contributed by atoms with Crippen molar-refractivity contribution in [1.29, 1.82) is 0 Å². The van der Waals surface area contributed by atoms with Gasteiger partial charge in [-0.15, -0.1) is 0 Å². The average molecular weight is 335 g/mol. The van der Waals surface area contributed by atoms with Gasteiger partial charge >= 0.3 is 0 Å². The Kier molecular flexibility index (Phi) is 4.88. The van der Waals surface area contributed by atoms with Crippen LogP contribution in [0.5, 0.6) is 5.88 Å². The molecule has 3 rings (SSSR count). The fourth-order valence-corrected chi connectivity index (χ4v) is 2.71. The van der Waals surface area contributed by atoms with Crippen molar-refractivity contribution in [1.82, 2.24) is 19.9 Å². The standard InChI is InChI=1S/C19H21N5O/c1-12-8-13(2)22-19(25-4)16(12)11-21-18-9-17(23-14(3)24-18)15-6-5-7-20-10-15/h5-10H,11H2,1-4H3,(H,21,23,24). The van der Waals surface area contributed by atoms with Crippen LogP contribution in [-0.4, -0.2) is 27.0 Å². The van der Waals surface area contributed by atoms with E-state index in [0.717, 1.165) is 33.9 Å². The molecule has 0 bridgehead atoms. The number of aryl methyl sites for hydroxylation is 3. The topological polar surface area (TPSA) is 72.8 Å². The number of pyridine rings is 2. The fraction of sp³-hybridized carbons (Fsp3) is 0.263. The van der Waals surface area contributed by atoms with Crippen LogP contribution in [-0.2, 0) is 6.54 Å². The van der Waals surface area contributed by atoms with Gasteiger partial charge in [0.25, 0.3) is 0 Å². The summed E-state index contributed by atoms with van der Waals surface area (Å²) in [5.74, 6) is 2.10. The van der Waals surface area contributed by atoms with Crippen molar-refractivity contribution in [2.45, 2.75) is 27.3 Å². The van der Waals surface area contributed by atoms with Gasteiger partial charge in [0.2, 0.25) is 5.88 Å². The first-order valence-corrected chi connectivity index (χ1v) is 8.08. The van der Waals surface area contributed by atoms with E-state index in [1.54, 1.807) is 19.5 Å². The molecule has 0 amide bonds. The highest BCUT2D eigenvalue weighted by Crippen LogP contribution is 2.23. The quantitative estimate of drug-likeness (QED) is 0.769. The number of rotatable bonds is 5. The van der Waals surface area contributed by atoms with Crippen molar-refractivity contribution in [2.75, 3.05) is 12.4 Å². The van der Waals surface area contributed by atoms with E-state index in [4.69, 9.17) is 4.74 Å². The van der Waals surface area contributed by atoms with E-state index in [0.29, 0.717) is 18.2 Å². The molecule has 0 aliphatic heterocycles. The van der Waals surface area contributed by atoms with E-state index >= 15 is 0 Å². The number of nitrogens with zero attached hydrogens (tertiary/aromatic N) is 4. The molecule has 0 radical (unpaired) electrons. The van der Waals surface area contributed by atoms with E-state index in [1.807, 2.05) is 38.1 Å². The largest absolute Gasteiger partial charge is 0.481 e. The lowest BCUT2D eigenvalue weighted by atomic mass is 10.1. The summed E-state index contributed by atoms with van der Waals surface area (Å²) in [6.07, 6.45) is 3.54. The summed E-state index contributed by atoms with van der Waals surface area (Å²) in [7, 11) is 1.64. The summed E-state index contributed by atoms with van der Waals surface area (Å²) >= 11 is 0. The first-order chi connectivity index (χ1) is 12.1. The molecule has 0 unspecified atom stereocenters. The van der Waals surface area contributed by atoms with E-state index < -0.39 is 0 Å². The van der Waals surface area contributed by atoms with Gasteiger partial charge in [-0.2, -0.15) is 0 Å². The smallest absolute Gasteiger partial charge is 0.218 e. The summed E-state index contributed by atoms with van der Waals surface area (Å²) in [5.41, 5.74) is 4.90. The molecule has 3 aromatic heterocycles. The Balaban J connectivity index is 1.86. The van der Waals surface area contributed by atoms with Gasteiger partial charge in [0.15, 0.2) is 0 Å². The van der Waals surface area contributed by atoms with Crippen LogP contribution >= 0.6 is 0 Å². The molecule has 25 heavy (non-hydrogen) atoms. The number of ether oxygens (including phenoxy) is 1. The number of aromatic nitrogens is 4. The highest BCUT2D eigenvalue weighted by molar-refractivity contribution is 5.61. The van der Waals surface area contributed by atoms with Crippen LogP contribution in [0.4, 0.5) is 5.82 Å². The van der Waals surface area contributed by atoms with Crippen LogP contribution in [0.25, 0.3) is 11.3 Å². The van der Waals surface area contributed by atoms with Crippen LogP contribution in [0, 0.1) is 20.8 Å². The molecule has 6 heteroatoms. The molecule has 128 valence electrons. The Morgan fingerprint density at radius 1 is 1.08 bits per heavy atom. The molecule has 0 atom stereocenters. The zero-order valence-corrected chi connectivity index (χ0v) is 14.9. The molecule has 3 aromatic rings. The van der Waals surface area contributed by atoms with E-state index in [9.17, 15) is 0 Å². The lowest BCUT2D eigenvalue weighted by Crippen LogP contribution is -2.08. The molecular formula is C19H21N5O. The Bertz CT molecular complexity index is 880. The maximum absolute atomic E-state index is 5.42. The summed E-state index contributed by atoms with van der Waals surface area (Å²) in [4.78, 5) is 17.6. The summed E-state index contributed by atoms with van der Waals surface area (Å²) in [6, 6.07) is 7.85. The van der Waals surface area contributed by atoms with Gasteiger partial charge in [-0.25, -0.2) is 15.0 Å². The number of hydrogen-bond acceptors (Lipinski definition) is 6. The molecule has 0 fully saturated rings. The highest BCUT2D eigenvalue weighted by Gasteiger charge is 2.11. The predicted octanol–water partition coefficient (Wildman–Crippen LogP) is 3.48. The van der Waals surface area contributed by atoms with Gasteiger partial charge < -0.3 is 10.1 Å². The Morgan fingerprint density at radius 2 is 1.92 bits per heavy atom. The minimum Gasteiger partial charge on any atom is -0.481 e. The molecular weight excluding hydrogens is 314 g/mol. The SMILES string of the molecule is COc1nc(C)cc(C)c1CNc1cc(-c2cccnc2)nc(C)n1. The normalized spacial score (nSPS) is 10.6. The highest BCUT2D eigenvalue weighted by atomic mass is 16.5. The van der Waals surface area contributed by atoms with Gasteiger partial charge in [0.05, 0.1) is 12.8 Å². The second kappa shape index (κ2) is 7.25. The second-order valence-corrected chi connectivity index (χ2v) is 5.85. The van der Waals surface area contributed by atoms with Crippen LogP contribution in [0.1, 0.15) is 22.6 Å². The van der Waals surface area contributed by atoms with Crippen molar-refractivity contribution in [3.63, 3.8) is 0 Å². The third-order valence-electron chi connectivity index (χ3n) is 3.87. The molecule has 0 aromatic carbocycles. The molecule has 0 saturated heterocycles. The van der Waals surface area contributed by atoms with E-state index in [2.05, 4.69) is 32.2 Å². The minimum absolute atomic E-state index is 0.575. The van der Waals surface area contributed by atoms with E-state index in [1.165, 1.54) is 0 Å². The number of hydrogen-bond donors (Lipinski definition) is 1. The molecule has 0 spiro atoms. The molecule has 6 nitrogen and oxygen atoms in total. The van der Waals surface area contributed by atoms with Crippen molar-refractivity contribution >= 4 is 5.82 Å². The third-order valence-corrected chi connectivity index (χ3v) is 3.87. The van der Waals surface area contributed by atoms with Gasteiger partial charge in [-0.3, -0.25) is 4.98 Å². The zero-order chi connectivity index (χ0) is 17.8. The summed E-state index contributed by atoms with van der Waals surface area (Å²) in [6.45, 7) is 6.47. The average Bonchev–Trinajstić information content (AvgIpc) is 2.60. The first kappa shape index (κ1) is 16.8. The lowest BCUT2D eigenvalue weighted by molar-refractivity contribution is 0.391. The number of anilines is 1. The molecule has 0 aliphatic carbocycles. The van der Waals surface area contributed by atoms with Crippen molar-refractivity contribution in [2.24, 2.45) is 0 Å². The Morgan fingerprint density at radius 3 is 2.64 bits per heavy atom. The minimum atomic E-state index is 0.575. The van der Waals surface area contributed by atoms with Gasteiger partial charge in [0.1, 0.15) is 11.6 Å². The third kappa shape index (κ3) is 3.91. The van der Waals surface area contributed by atoms with Crippen molar-refractivity contribution < 1.29 is 4.74 Å². The molecule has 0 saturated carbocycles. The fourth-order valence-electron chi connectivity index (χ4n) is 2.71. The summed E-state index contributed by atoms with van der Waals surface area (Å²) < 4.78 is 5.42.